The molecular weight excluding hydrogens is 304 g/mol. The van der Waals surface area contributed by atoms with Crippen LogP contribution in [0.1, 0.15) is 28.8 Å². The van der Waals surface area contributed by atoms with Gasteiger partial charge in [0.1, 0.15) is 12.4 Å². The number of Topliss-reactive ketones (excluding diaryl/α,β-unsaturated/α-hetero) is 1. The van der Waals surface area contributed by atoms with Gasteiger partial charge < -0.3 is 9.84 Å². The predicted molar refractivity (Wildman–Crippen MR) is 83.4 cm³/mol. The summed E-state index contributed by atoms with van der Waals surface area (Å²) in [7, 11) is 0. The van der Waals surface area contributed by atoms with Crippen molar-refractivity contribution < 1.29 is 19.4 Å². The van der Waals surface area contributed by atoms with Crippen molar-refractivity contribution in [1.29, 1.82) is 0 Å². The van der Waals surface area contributed by atoms with Gasteiger partial charge in [-0.15, -0.1) is 0 Å². The standard InChI is InChI=1S/C17H15ClO4/c18-15-4-2-1-3-13(15)11-22-14-7-5-12(6-8-14)16(19)9-10-17(20)21/h1-8H,9-11H2,(H,20,21). The molecule has 4 nitrogen and oxygen atoms in total. The molecule has 0 saturated heterocycles. The first-order chi connectivity index (χ1) is 10.6. The fourth-order valence-electron chi connectivity index (χ4n) is 1.88. The lowest BCUT2D eigenvalue weighted by atomic mass is 10.1. The number of benzene rings is 2. The maximum Gasteiger partial charge on any atom is 0.303 e. The van der Waals surface area contributed by atoms with E-state index in [2.05, 4.69) is 0 Å². The number of carboxylic acids is 1. The third kappa shape index (κ3) is 4.60. The molecular formula is C17H15ClO4. The van der Waals surface area contributed by atoms with Gasteiger partial charge in [0.15, 0.2) is 5.78 Å². The monoisotopic (exact) mass is 318 g/mol. The first-order valence-corrected chi connectivity index (χ1v) is 7.15. The molecule has 0 aromatic heterocycles. The first kappa shape index (κ1) is 16.0. The Balaban J connectivity index is 1.93. The second-order valence-corrected chi connectivity index (χ2v) is 5.13. The van der Waals surface area contributed by atoms with Crippen LogP contribution in [-0.4, -0.2) is 16.9 Å². The van der Waals surface area contributed by atoms with Crippen molar-refractivity contribution >= 4 is 23.4 Å². The highest BCUT2D eigenvalue weighted by Crippen LogP contribution is 2.19. The van der Waals surface area contributed by atoms with Gasteiger partial charge in [-0.1, -0.05) is 29.8 Å². The van der Waals surface area contributed by atoms with Gasteiger partial charge in [0.05, 0.1) is 6.42 Å². The van der Waals surface area contributed by atoms with E-state index in [0.717, 1.165) is 5.56 Å². The van der Waals surface area contributed by atoms with Gasteiger partial charge in [-0.25, -0.2) is 0 Å². The largest absolute Gasteiger partial charge is 0.489 e. The number of carbonyl (C=O) groups is 2. The van der Waals surface area contributed by atoms with E-state index in [1.165, 1.54) is 0 Å². The highest BCUT2D eigenvalue weighted by molar-refractivity contribution is 6.31. The van der Waals surface area contributed by atoms with Gasteiger partial charge in [0.25, 0.3) is 0 Å². The number of hydrogen-bond donors (Lipinski definition) is 1. The van der Waals surface area contributed by atoms with Crippen LogP contribution in [0.3, 0.4) is 0 Å². The van der Waals surface area contributed by atoms with Gasteiger partial charge >= 0.3 is 5.97 Å². The Morgan fingerprint density at radius 1 is 1.00 bits per heavy atom. The molecule has 2 rings (SSSR count). The lowest BCUT2D eigenvalue weighted by Gasteiger charge is -2.08. The van der Waals surface area contributed by atoms with E-state index in [0.29, 0.717) is 22.9 Å². The summed E-state index contributed by atoms with van der Waals surface area (Å²) in [6, 6.07) is 14.0. The lowest BCUT2D eigenvalue weighted by molar-refractivity contribution is -0.136. The second-order valence-electron chi connectivity index (χ2n) is 4.72. The number of aliphatic carboxylic acids is 1. The molecule has 0 aliphatic heterocycles. The van der Waals surface area contributed by atoms with Crippen molar-refractivity contribution in [3.05, 3.63) is 64.7 Å². The second kappa shape index (κ2) is 7.61. The number of halogens is 1. The summed E-state index contributed by atoms with van der Waals surface area (Å²) >= 11 is 6.04. The fraction of sp³-hybridized carbons (Fsp3) is 0.176. The molecule has 5 heteroatoms. The Morgan fingerprint density at radius 3 is 2.32 bits per heavy atom. The molecule has 0 atom stereocenters. The van der Waals surface area contributed by atoms with Gasteiger partial charge in [-0.3, -0.25) is 9.59 Å². The molecule has 0 bridgehead atoms. The predicted octanol–water partition coefficient (Wildman–Crippen LogP) is 3.97. The van der Waals surface area contributed by atoms with E-state index in [-0.39, 0.29) is 18.6 Å². The highest BCUT2D eigenvalue weighted by atomic mass is 35.5. The first-order valence-electron chi connectivity index (χ1n) is 6.77. The maximum atomic E-state index is 11.8. The SMILES string of the molecule is O=C(O)CCC(=O)c1ccc(OCc2ccccc2Cl)cc1. The van der Waals surface area contributed by atoms with E-state index in [9.17, 15) is 9.59 Å². The van der Waals surface area contributed by atoms with Crippen molar-refractivity contribution in [3.63, 3.8) is 0 Å². The minimum Gasteiger partial charge on any atom is -0.489 e. The molecule has 0 radical (unpaired) electrons. The van der Waals surface area contributed by atoms with E-state index in [4.69, 9.17) is 21.4 Å². The number of hydrogen-bond acceptors (Lipinski definition) is 3. The molecule has 0 unspecified atom stereocenters. The minimum atomic E-state index is -0.979. The molecule has 2 aromatic carbocycles. The smallest absolute Gasteiger partial charge is 0.303 e. The zero-order valence-electron chi connectivity index (χ0n) is 11.8. The van der Waals surface area contributed by atoms with Crippen LogP contribution in [-0.2, 0) is 11.4 Å². The number of carbonyl (C=O) groups excluding carboxylic acids is 1. The highest BCUT2D eigenvalue weighted by Gasteiger charge is 2.08. The Morgan fingerprint density at radius 2 is 1.68 bits per heavy atom. The molecule has 0 spiro atoms. The van der Waals surface area contributed by atoms with Crippen LogP contribution >= 0.6 is 11.6 Å². The normalized spacial score (nSPS) is 10.2. The number of rotatable bonds is 7. The molecule has 0 aliphatic carbocycles. The van der Waals surface area contributed by atoms with Crippen LogP contribution in [0.25, 0.3) is 0 Å². The molecule has 0 amide bonds. The van der Waals surface area contributed by atoms with Crippen molar-refractivity contribution in [3.8, 4) is 5.75 Å². The lowest BCUT2D eigenvalue weighted by Crippen LogP contribution is -2.04. The average molecular weight is 319 g/mol. The molecule has 0 heterocycles. The van der Waals surface area contributed by atoms with Crippen molar-refractivity contribution in [2.75, 3.05) is 0 Å². The van der Waals surface area contributed by atoms with Crippen molar-refractivity contribution in [1.82, 2.24) is 0 Å². The Labute approximate surface area is 133 Å². The number of carboxylic acid groups (broad SMARTS) is 1. The van der Waals surface area contributed by atoms with Gasteiger partial charge in [0.2, 0.25) is 0 Å². The van der Waals surface area contributed by atoms with E-state index < -0.39 is 5.97 Å². The zero-order chi connectivity index (χ0) is 15.9. The topological polar surface area (TPSA) is 63.6 Å². The molecule has 2 aromatic rings. The Kier molecular flexibility index (Phi) is 5.55. The van der Waals surface area contributed by atoms with E-state index >= 15 is 0 Å². The summed E-state index contributed by atoms with van der Waals surface area (Å²) in [5, 5.41) is 9.21. The Bertz CT molecular complexity index is 665. The van der Waals surface area contributed by atoms with Gasteiger partial charge in [0, 0.05) is 22.6 Å². The average Bonchev–Trinajstić information content (AvgIpc) is 2.52. The summed E-state index contributed by atoms with van der Waals surface area (Å²) in [5.74, 6) is -0.553. The number of ether oxygens (including phenoxy) is 1. The van der Waals surface area contributed by atoms with E-state index in [1.54, 1.807) is 30.3 Å². The molecule has 114 valence electrons. The van der Waals surface area contributed by atoms with E-state index in [1.807, 2.05) is 18.2 Å². The quantitative estimate of drug-likeness (QED) is 0.785. The molecule has 0 saturated carbocycles. The van der Waals surface area contributed by atoms with Crippen LogP contribution in [0, 0.1) is 0 Å². The maximum absolute atomic E-state index is 11.8. The third-order valence-corrected chi connectivity index (χ3v) is 3.46. The Hall–Kier alpha value is -2.33. The summed E-state index contributed by atoms with van der Waals surface area (Å²) < 4.78 is 5.62. The van der Waals surface area contributed by atoms with Crippen LogP contribution in [0.15, 0.2) is 48.5 Å². The van der Waals surface area contributed by atoms with Crippen molar-refractivity contribution in [2.24, 2.45) is 0 Å². The summed E-state index contributed by atoms with van der Waals surface area (Å²) in [6.45, 7) is 0.339. The zero-order valence-corrected chi connectivity index (χ0v) is 12.5. The molecule has 1 N–H and O–H groups in total. The van der Waals surface area contributed by atoms with Gasteiger partial charge in [-0.2, -0.15) is 0 Å². The molecule has 0 aliphatic rings. The van der Waals surface area contributed by atoms with Crippen LogP contribution in [0.5, 0.6) is 5.75 Å². The third-order valence-electron chi connectivity index (χ3n) is 3.09. The summed E-state index contributed by atoms with van der Waals surface area (Å²) in [4.78, 5) is 22.2. The molecule has 22 heavy (non-hydrogen) atoms. The van der Waals surface area contributed by atoms with Gasteiger partial charge in [-0.05, 0) is 30.3 Å². The summed E-state index contributed by atoms with van der Waals surface area (Å²) in [6.07, 6.45) is -0.168. The van der Waals surface area contributed by atoms with Crippen LogP contribution in [0.2, 0.25) is 5.02 Å². The molecule has 0 fully saturated rings. The van der Waals surface area contributed by atoms with Crippen LogP contribution < -0.4 is 4.74 Å². The van der Waals surface area contributed by atoms with Crippen LogP contribution in [0.4, 0.5) is 0 Å². The van der Waals surface area contributed by atoms with Crippen molar-refractivity contribution in [2.45, 2.75) is 19.4 Å². The summed E-state index contributed by atoms with van der Waals surface area (Å²) in [5.41, 5.74) is 1.36. The fourth-order valence-corrected chi connectivity index (χ4v) is 2.07. The minimum absolute atomic E-state index is 0.00480. The number of ketones is 1.